The summed E-state index contributed by atoms with van der Waals surface area (Å²) in [4.78, 5) is 0. The van der Waals surface area contributed by atoms with Gasteiger partial charge in [-0.25, -0.2) is 13.6 Å². The Kier molecular flexibility index (Phi) is 4.40. The summed E-state index contributed by atoms with van der Waals surface area (Å²) < 4.78 is 22.0. The number of nitrogens with one attached hydrogen (secondary N) is 1. The third kappa shape index (κ3) is 3.31. The Morgan fingerprint density at radius 2 is 1.93 bits per heavy atom. The molecule has 0 aromatic carbocycles. The van der Waals surface area contributed by atoms with E-state index in [1.54, 1.807) is 0 Å². The minimum atomic E-state index is -3.30. The van der Waals surface area contributed by atoms with Gasteiger partial charge in [0.15, 0.2) is 0 Å². The molecule has 1 saturated carbocycles. The van der Waals surface area contributed by atoms with Crippen molar-refractivity contribution < 1.29 is 8.42 Å². The molecule has 90 valence electrons. The molecule has 6 heteroatoms. The van der Waals surface area contributed by atoms with E-state index in [-0.39, 0.29) is 24.1 Å². The average Bonchev–Trinajstić information content (AvgIpc) is 2.30. The van der Waals surface area contributed by atoms with Crippen molar-refractivity contribution in [1.29, 1.82) is 0 Å². The number of halogens is 1. The van der Waals surface area contributed by atoms with Gasteiger partial charge >= 0.3 is 0 Å². The van der Waals surface area contributed by atoms with Crippen molar-refractivity contribution in [3.63, 3.8) is 0 Å². The second-order valence-corrected chi connectivity index (χ2v) is 6.26. The molecule has 0 spiro atoms. The summed E-state index contributed by atoms with van der Waals surface area (Å²) in [5, 5.41) is 8.36. The van der Waals surface area contributed by atoms with Crippen molar-refractivity contribution in [2.45, 2.75) is 19.3 Å². The molecule has 2 fully saturated rings. The van der Waals surface area contributed by atoms with Gasteiger partial charge in [-0.3, -0.25) is 0 Å². The molecule has 4 nitrogen and oxygen atoms in total. The zero-order chi connectivity index (χ0) is 10.2. The summed E-state index contributed by atoms with van der Waals surface area (Å²) in [5.41, 5.74) is 0. The number of hydrogen-bond donors (Lipinski definition) is 2. The van der Waals surface area contributed by atoms with Crippen molar-refractivity contribution in [2.24, 2.45) is 22.9 Å². The highest BCUT2D eigenvalue weighted by Gasteiger charge is 2.37. The minimum Gasteiger partial charge on any atom is -0.316 e. The first kappa shape index (κ1) is 13.2. The maximum absolute atomic E-state index is 11.0. The van der Waals surface area contributed by atoms with E-state index in [1.165, 1.54) is 19.3 Å². The average molecular weight is 255 g/mol. The Morgan fingerprint density at radius 1 is 1.27 bits per heavy atom. The van der Waals surface area contributed by atoms with Gasteiger partial charge in [-0.05, 0) is 30.8 Å². The first-order chi connectivity index (χ1) is 6.56. The van der Waals surface area contributed by atoms with Gasteiger partial charge in [-0.15, -0.1) is 12.4 Å². The molecular weight excluding hydrogens is 236 g/mol. The van der Waals surface area contributed by atoms with Crippen LogP contribution < -0.4 is 10.5 Å². The number of rotatable bonds is 3. The molecule has 15 heavy (non-hydrogen) atoms. The molecule has 0 aromatic heterocycles. The van der Waals surface area contributed by atoms with Gasteiger partial charge < -0.3 is 5.32 Å². The largest absolute Gasteiger partial charge is 0.316 e. The van der Waals surface area contributed by atoms with Crippen LogP contribution in [0.15, 0.2) is 0 Å². The van der Waals surface area contributed by atoms with Crippen molar-refractivity contribution in [3.05, 3.63) is 0 Å². The molecule has 2 rings (SSSR count). The van der Waals surface area contributed by atoms with Crippen molar-refractivity contribution in [1.82, 2.24) is 5.32 Å². The Morgan fingerprint density at radius 3 is 2.40 bits per heavy atom. The molecule has 2 atom stereocenters. The van der Waals surface area contributed by atoms with Crippen LogP contribution in [-0.4, -0.2) is 27.3 Å². The minimum absolute atomic E-state index is 0. The lowest BCUT2D eigenvalue weighted by Crippen LogP contribution is -2.33. The molecule has 0 aromatic rings. The Hall–Kier alpha value is 0.160. The third-order valence-electron chi connectivity index (χ3n) is 3.59. The van der Waals surface area contributed by atoms with E-state index >= 15 is 0 Å². The SMILES string of the molecule is Cl.NS(=O)(=O)CC1CNCC1C1CCC1. The van der Waals surface area contributed by atoms with E-state index in [4.69, 9.17) is 5.14 Å². The molecule has 0 bridgehead atoms. The third-order valence-corrected chi connectivity index (χ3v) is 4.49. The lowest BCUT2D eigenvalue weighted by Gasteiger charge is -2.34. The second kappa shape index (κ2) is 4.99. The van der Waals surface area contributed by atoms with Gasteiger partial charge in [-0.2, -0.15) is 0 Å². The molecule has 1 aliphatic carbocycles. The van der Waals surface area contributed by atoms with Crippen LogP contribution in [0.1, 0.15) is 19.3 Å². The molecule has 0 radical (unpaired) electrons. The fourth-order valence-electron chi connectivity index (χ4n) is 2.65. The molecule has 2 aliphatic rings. The monoisotopic (exact) mass is 254 g/mol. The molecule has 2 unspecified atom stereocenters. The summed E-state index contributed by atoms with van der Waals surface area (Å²) >= 11 is 0. The number of primary sulfonamides is 1. The van der Waals surface area contributed by atoms with E-state index in [2.05, 4.69) is 5.32 Å². The highest BCUT2D eigenvalue weighted by atomic mass is 35.5. The highest BCUT2D eigenvalue weighted by Crippen LogP contribution is 2.38. The lowest BCUT2D eigenvalue weighted by atomic mass is 9.72. The molecule has 1 aliphatic heterocycles. The van der Waals surface area contributed by atoms with Gasteiger partial charge in [0.1, 0.15) is 0 Å². The maximum atomic E-state index is 11.0. The van der Waals surface area contributed by atoms with Crippen LogP contribution in [0.2, 0.25) is 0 Å². The summed E-state index contributed by atoms with van der Waals surface area (Å²) in [6, 6.07) is 0. The summed E-state index contributed by atoms with van der Waals surface area (Å²) in [6.45, 7) is 1.79. The topological polar surface area (TPSA) is 72.2 Å². The Labute approximate surface area is 97.5 Å². The van der Waals surface area contributed by atoms with Gasteiger partial charge in [-0.1, -0.05) is 19.3 Å². The molecule has 3 N–H and O–H groups in total. The lowest BCUT2D eigenvalue weighted by molar-refractivity contribution is 0.187. The normalized spacial score (nSPS) is 32.1. The van der Waals surface area contributed by atoms with Crippen LogP contribution in [0.4, 0.5) is 0 Å². The standard InChI is InChI=1S/C9H18N2O2S.ClH/c10-14(12,13)6-8-4-11-5-9(8)7-2-1-3-7;/h7-9,11H,1-6H2,(H2,10,12,13);1H. The zero-order valence-corrected chi connectivity index (χ0v) is 10.3. The van der Waals surface area contributed by atoms with E-state index < -0.39 is 10.0 Å². The number of nitrogens with two attached hydrogens (primary N) is 1. The van der Waals surface area contributed by atoms with Gasteiger partial charge in [0, 0.05) is 0 Å². The van der Waals surface area contributed by atoms with Crippen molar-refractivity contribution in [3.8, 4) is 0 Å². The van der Waals surface area contributed by atoms with E-state index in [9.17, 15) is 8.42 Å². The quantitative estimate of drug-likeness (QED) is 0.763. The van der Waals surface area contributed by atoms with Crippen LogP contribution in [0, 0.1) is 17.8 Å². The second-order valence-electron chi connectivity index (χ2n) is 4.60. The Bertz CT molecular complexity index is 303. The summed E-state index contributed by atoms with van der Waals surface area (Å²) in [7, 11) is -3.30. The van der Waals surface area contributed by atoms with Crippen molar-refractivity contribution >= 4 is 22.4 Å². The predicted octanol–water partition coefficient (Wildman–Crippen LogP) is 0.332. The fourth-order valence-corrected chi connectivity index (χ4v) is 3.62. The number of sulfonamides is 1. The highest BCUT2D eigenvalue weighted by molar-refractivity contribution is 7.89. The first-order valence-corrected chi connectivity index (χ1v) is 6.99. The number of hydrogen-bond acceptors (Lipinski definition) is 3. The molecule has 1 heterocycles. The maximum Gasteiger partial charge on any atom is 0.209 e. The summed E-state index contributed by atoms with van der Waals surface area (Å²) in [6.07, 6.45) is 3.85. The summed E-state index contributed by atoms with van der Waals surface area (Å²) in [5.74, 6) is 1.69. The molecule has 0 amide bonds. The predicted molar refractivity (Wildman–Crippen MR) is 62.4 cm³/mol. The Balaban J connectivity index is 0.00000112. The van der Waals surface area contributed by atoms with E-state index in [1.807, 2.05) is 0 Å². The van der Waals surface area contributed by atoms with Crippen molar-refractivity contribution in [2.75, 3.05) is 18.8 Å². The first-order valence-electron chi connectivity index (χ1n) is 5.27. The smallest absolute Gasteiger partial charge is 0.209 e. The van der Waals surface area contributed by atoms with Gasteiger partial charge in [0.2, 0.25) is 10.0 Å². The van der Waals surface area contributed by atoms with Crippen LogP contribution >= 0.6 is 12.4 Å². The van der Waals surface area contributed by atoms with Crippen LogP contribution in [0.5, 0.6) is 0 Å². The fraction of sp³-hybridized carbons (Fsp3) is 1.00. The van der Waals surface area contributed by atoms with Gasteiger partial charge in [0.05, 0.1) is 5.75 Å². The zero-order valence-electron chi connectivity index (χ0n) is 8.69. The molecule has 1 saturated heterocycles. The molecular formula is C9H19ClN2O2S. The van der Waals surface area contributed by atoms with Crippen LogP contribution in [-0.2, 0) is 10.0 Å². The van der Waals surface area contributed by atoms with Gasteiger partial charge in [0.25, 0.3) is 0 Å². The van der Waals surface area contributed by atoms with Crippen LogP contribution in [0.3, 0.4) is 0 Å². The van der Waals surface area contributed by atoms with Crippen LogP contribution in [0.25, 0.3) is 0 Å². The van der Waals surface area contributed by atoms with E-state index in [0.717, 1.165) is 19.0 Å². The van der Waals surface area contributed by atoms with E-state index in [0.29, 0.717) is 5.92 Å².